The monoisotopic (exact) mass is 327 g/mol. The Morgan fingerprint density at radius 1 is 1.21 bits per heavy atom. The molecular formula is C19H21NO4. The molecule has 1 atom stereocenters. The number of amides is 1. The fourth-order valence-corrected chi connectivity index (χ4v) is 2.63. The Morgan fingerprint density at radius 2 is 2.00 bits per heavy atom. The van der Waals surface area contributed by atoms with Crippen LogP contribution in [-0.4, -0.2) is 19.3 Å². The zero-order valence-electron chi connectivity index (χ0n) is 13.9. The first-order valence-corrected chi connectivity index (χ1v) is 8.07. The van der Waals surface area contributed by atoms with E-state index in [1.807, 2.05) is 49.4 Å². The largest absolute Gasteiger partial charge is 0.483 e. The average molecular weight is 327 g/mol. The van der Waals surface area contributed by atoms with Gasteiger partial charge in [-0.3, -0.25) is 4.79 Å². The first-order valence-electron chi connectivity index (χ1n) is 8.07. The Kier molecular flexibility index (Phi) is 4.89. The summed E-state index contributed by atoms with van der Waals surface area (Å²) in [5, 5.41) is 2.93. The van der Waals surface area contributed by atoms with Gasteiger partial charge in [-0.1, -0.05) is 31.2 Å². The van der Waals surface area contributed by atoms with Crippen LogP contribution in [0.15, 0.2) is 42.5 Å². The number of nitrogens with one attached hydrogen (secondary N) is 1. The van der Waals surface area contributed by atoms with E-state index < -0.39 is 0 Å². The average Bonchev–Trinajstić information content (AvgIpc) is 3.07. The molecule has 0 radical (unpaired) electrons. The number of rotatable bonds is 6. The summed E-state index contributed by atoms with van der Waals surface area (Å²) in [6.45, 7) is 4.22. The van der Waals surface area contributed by atoms with Crippen LogP contribution >= 0.6 is 0 Å². The number of carbonyl (C=O) groups is 1. The summed E-state index contributed by atoms with van der Waals surface area (Å²) in [4.78, 5) is 12.1. The second-order valence-electron chi connectivity index (χ2n) is 5.65. The normalized spacial score (nSPS) is 13.4. The van der Waals surface area contributed by atoms with Gasteiger partial charge in [-0.2, -0.15) is 0 Å². The summed E-state index contributed by atoms with van der Waals surface area (Å²) in [5.74, 6) is 2.04. The molecule has 126 valence electrons. The van der Waals surface area contributed by atoms with E-state index in [4.69, 9.17) is 14.2 Å². The van der Waals surface area contributed by atoms with Gasteiger partial charge in [-0.05, 0) is 42.7 Å². The van der Waals surface area contributed by atoms with Gasteiger partial charge in [-0.15, -0.1) is 0 Å². The molecule has 1 aliphatic rings. The molecule has 0 aromatic heterocycles. The molecule has 2 aromatic rings. The van der Waals surface area contributed by atoms with Gasteiger partial charge in [0.25, 0.3) is 5.91 Å². The van der Waals surface area contributed by atoms with Gasteiger partial charge in [0, 0.05) is 0 Å². The smallest absolute Gasteiger partial charge is 0.258 e. The molecule has 1 heterocycles. The zero-order valence-corrected chi connectivity index (χ0v) is 13.9. The van der Waals surface area contributed by atoms with Crippen molar-refractivity contribution < 1.29 is 19.0 Å². The van der Waals surface area contributed by atoms with Crippen molar-refractivity contribution in [2.45, 2.75) is 26.3 Å². The van der Waals surface area contributed by atoms with Gasteiger partial charge >= 0.3 is 0 Å². The minimum Gasteiger partial charge on any atom is -0.483 e. The highest BCUT2D eigenvalue weighted by molar-refractivity contribution is 5.78. The number of fused-ring (bicyclic) bond motifs is 1. The maximum Gasteiger partial charge on any atom is 0.258 e. The van der Waals surface area contributed by atoms with Crippen LogP contribution in [0.4, 0.5) is 0 Å². The standard InChI is InChI=1S/C19H21NO4/c1-3-14-6-4-5-7-16(14)22-11-19(21)20-13(2)15-8-9-17-18(10-15)24-12-23-17/h4-10,13H,3,11-12H2,1-2H3,(H,20,21). The van der Waals surface area contributed by atoms with Gasteiger partial charge in [0.1, 0.15) is 5.75 Å². The second kappa shape index (κ2) is 7.25. The Bertz CT molecular complexity index is 729. The van der Waals surface area contributed by atoms with Crippen molar-refractivity contribution >= 4 is 5.91 Å². The molecule has 0 aliphatic carbocycles. The number of aryl methyl sites for hydroxylation is 1. The van der Waals surface area contributed by atoms with Crippen molar-refractivity contribution in [2.75, 3.05) is 13.4 Å². The Morgan fingerprint density at radius 3 is 2.83 bits per heavy atom. The Balaban J connectivity index is 1.56. The van der Waals surface area contributed by atoms with E-state index in [0.29, 0.717) is 5.75 Å². The lowest BCUT2D eigenvalue weighted by Gasteiger charge is -2.16. The number of benzene rings is 2. The molecule has 0 saturated heterocycles. The van der Waals surface area contributed by atoms with E-state index in [1.165, 1.54) is 0 Å². The molecule has 3 rings (SSSR count). The number of hydrogen-bond donors (Lipinski definition) is 1. The summed E-state index contributed by atoms with van der Waals surface area (Å²) < 4.78 is 16.3. The van der Waals surface area contributed by atoms with Crippen molar-refractivity contribution in [3.05, 3.63) is 53.6 Å². The lowest BCUT2D eigenvalue weighted by molar-refractivity contribution is -0.123. The third-order valence-electron chi connectivity index (χ3n) is 3.99. The number of carbonyl (C=O) groups excluding carboxylic acids is 1. The molecule has 2 aromatic carbocycles. The van der Waals surface area contributed by atoms with Gasteiger partial charge in [0.2, 0.25) is 6.79 Å². The summed E-state index contributed by atoms with van der Waals surface area (Å²) in [5.41, 5.74) is 2.05. The van der Waals surface area contributed by atoms with Crippen LogP contribution in [0.5, 0.6) is 17.2 Å². The van der Waals surface area contributed by atoms with Gasteiger partial charge in [-0.25, -0.2) is 0 Å². The van der Waals surface area contributed by atoms with E-state index in [9.17, 15) is 4.79 Å². The van der Waals surface area contributed by atoms with Crippen molar-refractivity contribution in [1.82, 2.24) is 5.32 Å². The number of para-hydroxylation sites is 1. The van der Waals surface area contributed by atoms with Crippen LogP contribution in [0.1, 0.15) is 31.0 Å². The molecule has 24 heavy (non-hydrogen) atoms. The number of ether oxygens (including phenoxy) is 3. The molecule has 1 aliphatic heterocycles. The lowest BCUT2D eigenvalue weighted by Crippen LogP contribution is -2.31. The first kappa shape index (κ1) is 16.2. The fraction of sp³-hybridized carbons (Fsp3) is 0.316. The Hall–Kier alpha value is -2.69. The van der Waals surface area contributed by atoms with Crippen LogP contribution in [0.25, 0.3) is 0 Å². The summed E-state index contributed by atoms with van der Waals surface area (Å²) >= 11 is 0. The molecule has 1 amide bonds. The van der Waals surface area contributed by atoms with Crippen LogP contribution in [0.3, 0.4) is 0 Å². The van der Waals surface area contributed by atoms with Crippen molar-refractivity contribution in [3.63, 3.8) is 0 Å². The van der Waals surface area contributed by atoms with Crippen molar-refractivity contribution in [3.8, 4) is 17.2 Å². The molecule has 0 fully saturated rings. The van der Waals surface area contributed by atoms with Crippen LogP contribution < -0.4 is 19.5 Å². The molecule has 5 heteroatoms. The predicted octanol–water partition coefficient (Wildman–Crippen LogP) is 3.23. The maximum absolute atomic E-state index is 12.1. The summed E-state index contributed by atoms with van der Waals surface area (Å²) in [6.07, 6.45) is 0.866. The fourth-order valence-electron chi connectivity index (χ4n) is 2.63. The number of hydrogen-bond acceptors (Lipinski definition) is 4. The highest BCUT2D eigenvalue weighted by atomic mass is 16.7. The molecule has 0 spiro atoms. The predicted molar refractivity (Wildman–Crippen MR) is 90.4 cm³/mol. The molecule has 0 bridgehead atoms. The van der Waals surface area contributed by atoms with Crippen LogP contribution in [-0.2, 0) is 11.2 Å². The quantitative estimate of drug-likeness (QED) is 0.885. The maximum atomic E-state index is 12.1. The lowest BCUT2D eigenvalue weighted by atomic mass is 10.1. The summed E-state index contributed by atoms with van der Waals surface area (Å²) in [7, 11) is 0. The highest BCUT2D eigenvalue weighted by Gasteiger charge is 2.17. The molecule has 1 unspecified atom stereocenters. The minimum atomic E-state index is -0.161. The van der Waals surface area contributed by atoms with Crippen molar-refractivity contribution in [1.29, 1.82) is 0 Å². The van der Waals surface area contributed by atoms with Crippen molar-refractivity contribution in [2.24, 2.45) is 0 Å². The third-order valence-corrected chi connectivity index (χ3v) is 3.99. The van der Waals surface area contributed by atoms with Gasteiger partial charge < -0.3 is 19.5 Å². The molecule has 1 N–H and O–H groups in total. The van der Waals surface area contributed by atoms with Gasteiger partial charge in [0.05, 0.1) is 6.04 Å². The molecule has 5 nitrogen and oxygen atoms in total. The van der Waals surface area contributed by atoms with E-state index in [2.05, 4.69) is 12.2 Å². The van der Waals surface area contributed by atoms with Crippen LogP contribution in [0.2, 0.25) is 0 Å². The zero-order chi connectivity index (χ0) is 16.9. The highest BCUT2D eigenvalue weighted by Crippen LogP contribution is 2.34. The second-order valence-corrected chi connectivity index (χ2v) is 5.65. The topological polar surface area (TPSA) is 56.8 Å². The van der Waals surface area contributed by atoms with E-state index in [0.717, 1.165) is 29.0 Å². The van der Waals surface area contributed by atoms with E-state index in [-0.39, 0.29) is 25.3 Å². The van der Waals surface area contributed by atoms with Gasteiger partial charge in [0.15, 0.2) is 18.1 Å². The summed E-state index contributed by atoms with van der Waals surface area (Å²) in [6, 6.07) is 13.3. The van der Waals surface area contributed by atoms with E-state index in [1.54, 1.807) is 0 Å². The van der Waals surface area contributed by atoms with E-state index >= 15 is 0 Å². The Labute approximate surface area is 141 Å². The van der Waals surface area contributed by atoms with Crippen LogP contribution in [0, 0.1) is 0 Å². The third kappa shape index (κ3) is 3.62. The molecule has 0 saturated carbocycles. The SMILES string of the molecule is CCc1ccccc1OCC(=O)NC(C)c1ccc2c(c1)OCO2. The first-order chi connectivity index (χ1) is 11.7. The molecular weight excluding hydrogens is 306 g/mol. The minimum absolute atomic E-state index is 0.00803.